The minimum Gasteiger partial charge on any atom is -0.496 e. The number of methoxy groups -OCH3 is 2. The fourth-order valence-corrected chi connectivity index (χ4v) is 2.03. The minimum absolute atomic E-state index is 0.0756. The van der Waals surface area contributed by atoms with Gasteiger partial charge in [0.05, 0.1) is 25.8 Å². The summed E-state index contributed by atoms with van der Waals surface area (Å²) in [6.07, 6.45) is 0. The molecule has 0 saturated carbocycles. The Hall–Kier alpha value is -1.39. The number of benzene rings is 1. The third-order valence-electron chi connectivity index (χ3n) is 3.32. The van der Waals surface area contributed by atoms with Crippen molar-refractivity contribution >= 4 is 5.78 Å². The number of nitrogens with zero attached hydrogens (tertiary/aromatic N) is 1. The second-order valence-corrected chi connectivity index (χ2v) is 5.18. The van der Waals surface area contributed by atoms with E-state index in [1.54, 1.807) is 14.2 Å². The van der Waals surface area contributed by atoms with E-state index in [1.807, 2.05) is 25.1 Å². The van der Waals surface area contributed by atoms with Crippen molar-refractivity contribution in [2.45, 2.75) is 26.8 Å². The molecule has 0 atom stereocenters. The molecule has 0 N–H and O–H groups in total. The SMILES string of the molecule is COCCN(CC(=O)c1ccc(C)cc1OC)C(C)C. The van der Waals surface area contributed by atoms with E-state index in [1.165, 1.54) is 0 Å². The Kier molecular flexibility index (Phi) is 6.68. The zero-order valence-electron chi connectivity index (χ0n) is 13.1. The van der Waals surface area contributed by atoms with E-state index in [0.717, 1.165) is 12.1 Å². The van der Waals surface area contributed by atoms with E-state index in [0.29, 0.717) is 30.5 Å². The Labute approximate surface area is 121 Å². The molecule has 0 heterocycles. The number of ether oxygens (including phenoxy) is 2. The van der Waals surface area contributed by atoms with E-state index >= 15 is 0 Å². The molecule has 112 valence electrons. The molecule has 20 heavy (non-hydrogen) atoms. The molecule has 1 aromatic carbocycles. The van der Waals surface area contributed by atoms with Gasteiger partial charge < -0.3 is 9.47 Å². The summed E-state index contributed by atoms with van der Waals surface area (Å²) in [5.74, 6) is 0.720. The van der Waals surface area contributed by atoms with Gasteiger partial charge in [0.1, 0.15) is 5.75 Å². The molecule has 0 aromatic heterocycles. The van der Waals surface area contributed by atoms with Crippen molar-refractivity contribution < 1.29 is 14.3 Å². The lowest BCUT2D eigenvalue weighted by Gasteiger charge is -2.25. The number of hydrogen-bond donors (Lipinski definition) is 0. The third-order valence-corrected chi connectivity index (χ3v) is 3.32. The lowest BCUT2D eigenvalue weighted by atomic mass is 10.1. The zero-order chi connectivity index (χ0) is 15.1. The van der Waals surface area contributed by atoms with Gasteiger partial charge in [0, 0.05) is 19.7 Å². The van der Waals surface area contributed by atoms with E-state index in [2.05, 4.69) is 18.7 Å². The van der Waals surface area contributed by atoms with Crippen LogP contribution < -0.4 is 4.74 Å². The maximum Gasteiger partial charge on any atom is 0.180 e. The standard InChI is InChI=1S/C16H25NO3/c1-12(2)17(8-9-19-4)11-15(18)14-7-6-13(3)10-16(14)20-5/h6-7,10,12H,8-9,11H2,1-5H3. The zero-order valence-corrected chi connectivity index (χ0v) is 13.1. The van der Waals surface area contributed by atoms with Gasteiger partial charge in [0.25, 0.3) is 0 Å². The van der Waals surface area contributed by atoms with E-state index < -0.39 is 0 Å². The van der Waals surface area contributed by atoms with Crippen LogP contribution in [0.3, 0.4) is 0 Å². The fourth-order valence-electron chi connectivity index (χ4n) is 2.03. The van der Waals surface area contributed by atoms with Crippen molar-refractivity contribution in [2.24, 2.45) is 0 Å². The number of carbonyl (C=O) groups excluding carboxylic acids is 1. The number of hydrogen-bond acceptors (Lipinski definition) is 4. The highest BCUT2D eigenvalue weighted by Gasteiger charge is 2.18. The first-order valence-electron chi connectivity index (χ1n) is 6.90. The number of Topliss-reactive ketones (excluding diaryl/α,β-unsaturated/α-hetero) is 1. The number of carbonyl (C=O) groups is 1. The van der Waals surface area contributed by atoms with Crippen LogP contribution in [0.1, 0.15) is 29.8 Å². The van der Waals surface area contributed by atoms with Crippen LogP contribution in [-0.4, -0.2) is 50.6 Å². The first kappa shape index (κ1) is 16.7. The largest absolute Gasteiger partial charge is 0.496 e. The summed E-state index contributed by atoms with van der Waals surface area (Å²) >= 11 is 0. The molecular weight excluding hydrogens is 254 g/mol. The summed E-state index contributed by atoms with van der Waals surface area (Å²) in [5.41, 5.74) is 1.72. The van der Waals surface area contributed by atoms with E-state index in [9.17, 15) is 4.79 Å². The Morgan fingerprint density at radius 3 is 2.55 bits per heavy atom. The lowest BCUT2D eigenvalue weighted by molar-refractivity contribution is 0.0849. The molecule has 4 heteroatoms. The number of rotatable bonds is 8. The topological polar surface area (TPSA) is 38.8 Å². The number of aryl methyl sites for hydroxylation is 1. The Bertz CT molecular complexity index is 443. The van der Waals surface area contributed by atoms with Gasteiger partial charge >= 0.3 is 0 Å². The summed E-state index contributed by atoms with van der Waals surface area (Å²) in [6.45, 7) is 7.88. The summed E-state index contributed by atoms with van der Waals surface area (Å²) in [7, 11) is 3.26. The second kappa shape index (κ2) is 8.02. The summed E-state index contributed by atoms with van der Waals surface area (Å²) < 4.78 is 10.4. The Balaban J connectivity index is 2.83. The summed E-state index contributed by atoms with van der Waals surface area (Å²) in [6, 6.07) is 5.96. The predicted molar refractivity (Wildman–Crippen MR) is 80.6 cm³/mol. The van der Waals surface area contributed by atoms with Gasteiger partial charge in [0.15, 0.2) is 5.78 Å². The average Bonchev–Trinajstić information content (AvgIpc) is 2.42. The monoisotopic (exact) mass is 279 g/mol. The molecular formula is C16H25NO3. The van der Waals surface area contributed by atoms with Gasteiger partial charge in [-0.05, 0) is 38.5 Å². The first-order chi connectivity index (χ1) is 9.49. The van der Waals surface area contributed by atoms with Gasteiger partial charge in [-0.15, -0.1) is 0 Å². The van der Waals surface area contributed by atoms with Crippen LogP contribution in [0.15, 0.2) is 18.2 Å². The van der Waals surface area contributed by atoms with Crippen LogP contribution in [0.2, 0.25) is 0 Å². The maximum absolute atomic E-state index is 12.5. The van der Waals surface area contributed by atoms with Gasteiger partial charge in [-0.3, -0.25) is 9.69 Å². The average molecular weight is 279 g/mol. The van der Waals surface area contributed by atoms with Crippen molar-refractivity contribution in [3.63, 3.8) is 0 Å². The van der Waals surface area contributed by atoms with Crippen LogP contribution in [-0.2, 0) is 4.74 Å². The summed E-state index contributed by atoms with van der Waals surface area (Å²) in [4.78, 5) is 14.6. The van der Waals surface area contributed by atoms with E-state index in [-0.39, 0.29) is 5.78 Å². The van der Waals surface area contributed by atoms with Gasteiger partial charge in [-0.25, -0.2) is 0 Å². The molecule has 0 unspecified atom stereocenters. The molecule has 0 aliphatic rings. The van der Waals surface area contributed by atoms with Crippen LogP contribution in [0.5, 0.6) is 5.75 Å². The normalized spacial score (nSPS) is 11.2. The van der Waals surface area contributed by atoms with Crippen molar-refractivity contribution in [3.8, 4) is 5.75 Å². The molecule has 1 aromatic rings. The maximum atomic E-state index is 12.5. The molecule has 0 amide bonds. The van der Waals surface area contributed by atoms with Gasteiger partial charge in [-0.1, -0.05) is 6.07 Å². The third kappa shape index (κ3) is 4.62. The van der Waals surface area contributed by atoms with Crippen LogP contribution in [0.25, 0.3) is 0 Å². The first-order valence-corrected chi connectivity index (χ1v) is 6.90. The fraction of sp³-hybridized carbons (Fsp3) is 0.562. The molecule has 0 aliphatic carbocycles. The van der Waals surface area contributed by atoms with Gasteiger partial charge in [-0.2, -0.15) is 0 Å². The molecule has 0 bridgehead atoms. The van der Waals surface area contributed by atoms with Crippen molar-refractivity contribution in [1.82, 2.24) is 4.90 Å². The van der Waals surface area contributed by atoms with Crippen LogP contribution >= 0.6 is 0 Å². The smallest absolute Gasteiger partial charge is 0.180 e. The van der Waals surface area contributed by atoms with Crippen molar-refractivity contribution in [3.05, 3.63) is 29.3 Å². The number of ketones is 1. The van der Waals surface area contributed by atoms with Crippen molar-refractivity contribution in [1.29, 1.82) is 0 Å². The Morgan fingerprint density at radius 1 is 1.30 bits per heavy atom. The van der Waals surface area contributed by atoms with E-state index in [4.69, 9.17) is 9.47 Å². The lowest BCUT2D eigenvalue weighted by Crippen LogP contribution is -2.38. The van der Waals surface area contributed by atoms with Crippen molar-refractivity contribution in [2.75, 3.05) is 33.9 Å². The molecule has 1 rings (SSSR count). The second-order valence-electron chi connectivity index (χ2n) is 5.18. The highest BCUT2D eigenvalue weighted by Crippen LogP contribution is 2.21. The minimum atomic E-state index is 0.0756. The molecule has 0 fully saturated rings. The quantitative estimate of drug-likeness (QED) is 0.686. The van der Waals surface area contributed by atoms with Gasteiger partial charge in [0.2, 0.25) is 0 Å². The highest BCUT2D eigenvalue weighted by atomic mass is 16.5. The highest BCUT2D eigenvalue weighted by molar-refractivity contribution is 6.00. The molecule has 0 saturated heterocycles. The predicted octanol–water partition coefficient (Wildman–Crippen LogP) is 2.54. The molecule has 0 aliphatic heterocycles. The van der Waals surface area contributed by atoms with Crippen LogP contribution in [0, 0.1) is 6.92 Å². The summed E-state index contributed by atoms with van der Waals surface area (Å²) in [5, 5.41) is 0. The Morgan fingerprint density at radius 2 is 2.00 bits per heavy atom. The molecule has 0 spiro atoms. The van der Waals surface area contributed by atoms with Crippen LogP contribution in [0.4, 0.5) is 0 Å². The molecule has 4 nitrogen and oxygen atoms in total. The molecule has 0 radical (unpaired) electrons.